The lowest BCUT2D eigenvalue weighted by molar-refractivity contribution is -0.147. The minimum Gasteiger partial charge on any atom is -0.493 e. The maximum Gasteiger partial charge on any atom is 0.312 e. The van der Waals surface area contributed by atoms with Gasteiger partial charge in [0.15, 0.2) is 23.0 Å². The van der Waals surface area contributed by atoms with Gasteiger partial charge < -0.3 is 70.2 Å². The Hall–Kier alpha value is -8.69. The van der Waals surface area contributed by atoms with Gasteiger partial charge in [-0.3, -0.25) is 48.1 Å². The zero-order chi connectivity index (χ0) is 60.7. The SMILES string of the molecule is COc1cc2sc(C(=O)CCC(=O)O)cc2cc1OCCCOc1nc2c(cc1OC)CN(C(=O)CCC(=O)OCc1ccc(NC(=O)[C@H](CCCNC(N)=O)NC(=O)[C@@H](NC(=O)CCOCCOCCN3C(=O)C=CC3=O)C(C)C)cc1)C2. The number of primary amides is 1. The molecule has 27 heteroatoms. The number of amides is 8. The van der Waals surface area contributed by atoms with E-state index in [0.717, 1.165) is 20.5 Å². The van der Waals surface area contributed by atoms with Crippen LogP contribution in [0.4, 0.5) is 10.5 Å². The van der Waals surface area contributed by atoms with Crippen molar-refractivity contribution in [2.45, 2.75) is 97.0 Å². The molecule has 2 aliphatic rings. The van der Waals surface area contributed by atoms with Crippen LogP contribution in [0.3, 0.4) is 0 Å². The van der Waals surface area contributed by atoms with Gasteiger partial charge in [-0.15, -0.1) is 11.3 Å². The van der Waals surface area contributed by atoms with Gasteiger partial charge in [0, 0.05) is 67.4 Å². The number of carboxylic acids is 1. The van der Waals surface area contributed by atoms with Gasteiger partial charge >= 0.3 is 18.0 Å². The van der Waals surface area contributed by atoms with Crippen LogP contribution in [0.2, 0.25) is 0 Å². The second kappa shape index (κ2) is 32.2. The number of esters is 1. The summed E-state index contributed by atoms with van der Waals surface area (Å²) in [7, 11) is 2.99. The number of carbonyl (C=O) groups is 10. The van der Waals surface area contributed by atoms with Crippen LogP contribution in [0.25, 0.3) is 10.1 Å². The van der Waals surface area contributed by atoms with Crippen LogP contribution in [0.1, 0.15) is 91.7 Å². The number of aromatic nitrogens is 1. The number of nitrogens with two attached hydrogens (primary N) is 1. The lowest BCUT2D eigenvalue weighted by atomic mass is 10.0. The van der Waals surface area contributed by atoms with Gasteiger partial charge in [0.05, 0.1) is 90.4 Å². The summed E-state index contributed by atoms with van der Waals surface area (Å²) in [6.07, 6.45) is 2.47. The van der Waals surface area contributed by atoms with E-state index in [1.807, 2.05) is 0 Å². The van der Waals surface area contributed by atoms with Gasteiger partial charge in [0.2, 0.25) is 23.6 Å². The van der Waals surface area contributed by atoms with Crippen LogP contribution < -0.4 is 45.9 Å². The normalized spacial score (nSPS) is 13.3. The molecule has 0 unspecified atom stereocenters. The van der Waals surface area contributed by atoms with Crippen molar-refractivity contribution < 1.29 is 86.2 Å². The van der Waals surface area contributed by atoms with E-state index in [1.165, 1.54) is 37.7 Å². The van der Waals surface area contributed by atoms with E-state index in [-0.39, 0.29) is 141 Å². The monoisotopic (exact) mass is 1190 g/mol. The van der Waals surface area contributed by atoms with Gasteiger partial charge in [-0.1, -0.05) is 26.0 Å². The average molecular weight is 1190 g/mol. The number of urea groups is 1. The molecule has 84 heavy (non-hydrogen) atoms. The molecular weight excluding hydrogens is 1120 g/mol. The van der Waals surface area contributed by atoms with Crippen molar-refractivity contribution in [3.63, 3.8) is 0 Å². The van der Waals surface area contributed by atoms with Crippen LogP contribution in [0.5, 0.6) is 23.1 Å². The summed E-state index contributed by atoms with van der Waals surface area (Å²) in [4.78, 5) is 132. The first-order valence-electron chi connectivity index (χ1n) is 27.2. The quantitative estimate of drug-likeness (QED) is 0.0163. The Kier molecular flexibility index (Phi) is 24.7. The van der Waals surface area contributed by atoms with E-state index < -0.39 is 59.6 Å². The van der Waals surface area contributed by atoms with Crippen molar-refractivity contribution in [3.05, 3.63) is 82.4 Å². The molecule has 26 nitrogen and oxygen atoms in total. The van der Waals surface area contributed by atoms with Crippen LogP contribution in [0.15, 0.2) is 60.7 Å². The standard InChI is InChI=1S/C57H70N8O18S/c1-34(2)53(63-47(67)18-23-79-25-26-80-24-20-65-49(69)13-14-50(65)70)55(75)61-39(7-5-19-59-57(58)76)54(74)60-38-10-8-35(9-11-38)33-83-52(73)17-15-48(68)64-31-37-28-44(78-4)56(62-40(37)32-64)82-22-6-21-81-43-27-36-29-46(41(66)12-16-51(71)72)84-45(36)30-42(43)77-3/h8-11,13-14,27-30,34,39,53H,5-7,12,15-26,31-33H2,1-4H3,(H,60,74)(H,61,75)(H,63,67)(H,71,72)(H3,58,59,76)/t39-,53-/m0/s1. The molecule has 0 spiro atoms. The van der Waals surface area contributed by atoms with Gasteiger partial charge in [-0.25, -0.2) is 9.78 Å². The Morgan fingerprint density at radius 2 is 1.46 bits per heavy atom. The molecule has 2 atom stereocenters. The van der Waals surface area contributed by atoms with E-state index in [2.05, 4.69) is 26.3 Å². The molecule has 7 N–H and O–H groups in total. The number of methoxy groups -OCH3 is 2. The minimum absolute atomic E-state index is 0.0206. The molecule has 0 radical (unpaired) electrons. The third kappa shape index (κ3) is 19.8. The molecule has 0 saturated heterocycles. The Bertz CT molecular complexity index is 3040. The first-order chi connectivity index (χ1) is 40.3. The van der Waals surface area contributed by atoms with Gasteiger partial charge in [-0.05, 0) is 65.6 Å². The van der Waals surface area contributed by atoms with Crippen LogP contribution >= 0.6 is 11.3 Å². The van der Waals surface area contributed by atoms with E-state index in [0.29, 0.717) is 45.5 Å². The number of fused-ring (bicyclic) bond motifs is 2. The molecule has 2 aliphatic heterocycles. The number of carboxylic acid groups (broad SMARTS) is 1. The van der Waals surface area contributed by atoms with Gasteiger partial charge in [-0.2, -0.15) is 0 Å². The number of benzene rings is 2. The number of hydrogen-bond donors (Lipinski definition) is 6. The lowest BCUT2D eigenvalue weighted by Crippen LogP contribution is -2.54. The Morgan fingerprint density at radius 1 is 0.750 bits per heavy atom. The molecule has 4 aromatic rings. The van der Waals surface area contributed by atoms with E-state index in [4.69, 9.17) is 44.0 Å². The number of nitrogens with zero attached hydrogens (tertiary/aromatic N) is 3. The maximum absolute atomic E-state index is 13.6. The van der Waals surface area contributed by atoms with E-state index in [9.17, 15) is 47.9 Å². The van der Waals surface area contributed by atoms with E-state index in [1.54, 1.807) is 67.3 Å². The highest BCUT2D eigenvalue weighted by molar-refractivity contribution is 7.20. The van der Waals surface area contributed by atoms with Gasteiger partial charge in [0.25, 0.3) is 17.7 Å². The third-order valence-corrected chi connectivity index (χ3v) is 14.2. The van der Waals surface area contributed by atoms with Crippen LogP contribution in [-0.2, 0) is 72.3 Å². The Labute approximate surface area is 488 Å². The number of pyridine rings is 1. The number of ketones is 1. The molecule has 4 heterocycles. The molecule has 0 bridgehead atoms. The number of rotatable bonds is 36. The first kappa shape index (κ1) is 64.5. The minimum atomic E-state index is -1.09. The number of nitrogens with one attached hydrogen (secondary N) is 4. The Balaban J connectivity index is 0.898. The molecule has 8 amide bonds. The highest BCUT2D eigenvalue weighted by Crippen LogP contribution is 2.38. The number of hydrogen-bond acceptors (Lipinski definition) is 19. The predicted octanol–water partition coefficient (Wildman–Crippen LogP) is 3.94. The fourth-order valence-electron chi connectivity index (χ4n) is 8.55. The number of imide groups is 1. The second-order valence-corrected chi connectivity index (χ2v) is 20.7. The molecule has 2 aromatic carbocycles. The fourth-order valence-corrected chi connectivity index (χ4v) is 9.59. The number of ether oxygens (including phenoxy) is 7. The second-order valence-electron chi connectivity index (χ2n) is 19.6. The van der Waals surface area contributed by atoms with Gasteiger partial charge in [0.1, 0.15) is 18.7 Å². The maximum atomic E-state index is 13.6. The van der Waals surface area contributed by atoms with Crippen molar-refractivity contribution in [2.24, 2.45) is 11.7 Å². The predicted molar refractivity (Wildman–Crippen MR) is 302 cm³/mol. The highest BCUT2D eigenvalue weighted by Gasteiger charge is 2.30. The zero-order valence-electron chi connectivity index (χ0n) is 47.2. The highest BCUT2D eigenvalue weighted by atomic mass is 32.1. The molecule has 6 rings (SSSR count). The van der Waals surface area contributed by atoms with Crippen molar-refractivity contribution in [3.8, 4) is 23.1 Å². The van der Waals surface area contributed by atoms with Crippen molar-refractivity contribution in [1.82, 2.24) is 30.7 Å². The lowest BCUT2D eigenvalue weighted by Gasteiger charge is -2.25. The summed E-state index contributed by atoms with van der Waals surface area (Å²) in [5, 5.41) is 20.4. The Morgan fingerprint density at radius 3 is 2.15 bits per heavy atom. The summed E-state index contributed by atoms with van der Waals surface area (Å²) < 4.78 is 40.2. The van der Waals surface area contributed by atoms with E-state index >= 15 is 0 Å². The summed E-state index contributed by atoms with van der Waals surface area (Å²) in [6.45, 7) is 4.92. The van der Waals surface area contributed by atoms with Crippen molar-refractivity contribution >= 4 is 86.3 Å². The van der Waals surface area contributed by atoms with Crippen molar-refractivity contribution in [2.75, 3.05) is 72.3 Å². The largest absolute Gasteiger partial charge is 0.493 e. The smallest absolute Gasteiger partial charge is 0.312 e. The number of aliphatic carboxylic acids is 1. The topological polar surface area (TPSA) is 349 Å². The molecule has 0 aliphatic carbocycles. The number of anilines is 1. The molecule has 452 valence electrons. The molecule has 0 saturated carbocycles. The van der Waals surface area contributed by atoms with Crippen LogP contribution in [0, 0.1) is 5.92 Å². The third-order valence-electron chi connectivity index (χ3n) is 13.1. The fraction of sp³-hybridized carbons (Fsp3) is 0.456. The summed E-state index contributed by atoms with van der Waals surface area (Å²) in [5.74, 6) is -3.46. The molecular formula is C57H70N8O18S. The summed E-state index contributed by atoms with van der Waals surface area (Å²) in [5.41, 5.74) is 7.54. The van der Waals surface area contributed by atoms with Crippen LogP contribution in [-0.4, -0.2) is 158 Å². The summed E-state index contributed by atoms with van der Waals surface area (Å²) in [6, 6.07) is 10.6. The van der Waals surface area contributed by atoms with Crippen molar-refractivity contribution in [1.29, 1.82) is 0 Å². The average Bonchev–Trinajstić information content (AvgIpc) is 4.41. The number of Topliss-reactive ketones (excluding diaryl/α,β-unsaturated/α-hetero) is 1. The molecule has 2 aromatic heterocycles. The first-order valence-corrected chi connectivity index (χ1v) is 28.0. The summed E-state index contributed by atoms with van der Waals surface area (Å²) >= 11 is 1.26. The zero-order valence-corrected chi connectivity index (χ0v) is 48.0. The number of thiophene rings is 1. The number of carbonyl (C=O) groups excluding carboxylic acids is 9. The molecule has 0 fully saturated rings.